The molecule has 0 saturated carbocycles. The van der Waals surface area contributed by atoms with Gasteiger partial charge in [0.05, 0.1) is 29.7 Å². The summed E-state index contributed by atoms with van der Waals surface area (Å²) in [7, 11) is 1.59. The predicted molar refractivity (Wildman–Crippen MR) is 100 cm³/mol. The van der Waals surface area contributed by atoms with Crippen molar-refractivity contribution in [1.82, 2.24) is 14.7 Å². The van der Waals surface area contributed by atoms with Crippen LogP contribution < -0.4 is 4.74 Å². The first-order valence-corrected chi connectivity index (χ1v) is 9.31. The Hall–Kier alpha value is -1.83. The number of methoxy groups -OCH3 is 1. The Bertz CT molecular complexity index is 818. The van der Waals surface area contributed by atoms with Crippen molar-refractivity contribution < 1.29 is 18.7 Å². The Balaban J connectivity index is 1.75. The average Bonchev–Trinajstić information content (AvgIpc) is 2.94. The van der Waals surface area contributed by atoms with Gasteiger partial charge in [0.1, 0.15) is 17.5 Å². The fourth-order valence-electron chi connectivity index (χ4n) is 3.05. The Morgan fingerprint density at radius 1 is 1.38 bits per heavy atom. The number of hydrogen-bond acceptors (Lipinski definition) is 4. The molecule has 0 spiro atoms. The molecular weight excluding hydrogens is 405 g/mol. The summed E-state index contributed by atoms with van der Waals surface area (Å²) in [6.45, 7) is 5.83. The van der Waals surface area contributed by atoms with Gasteiger partial charge >= 0.3 is 6.09 Å². The highest BCUT2D eigenvalue weighted by molar-refractivity contribution is 9.10. The highest BCUT2D eigenvalue weighted by atomic mass is 79.9. The summed E-state index contributed by atoms with van der Waals surface area (Å²) in [5.74, 6) is 0.680. The first kappa shape index (κ1) is 18.9. The van der Waals surface area contributed by atoms with Crippen molar-refractivity contribution in [3.8, 4) is 5.75 Å². The molecule has 1 aliphatic heterocycles. The number of hydrogen-bond donors (Lipinski definition) is 0. The maximum absolute atomic E-state index is 14.8. The van der Waals surface area contributed by atoms with Crippen molar-refractivity contribution in [2.24, 2.45) is 0 Å². The van der Waals surface area contributed by atoms with E-state index < -0.39 is 23.9 Å². The Labute approximate surface area is 160 Å². The molecule has 8 heteroatoms. The summed E-state index contributed by atoms with van der Waals surface area (Å²) in [6.07, 6.45) is 0.626. The van der Waals surface area contributed by atoms with Crippen LogP contribution in [-0.4, -0.2) is 52.7 Å². The van der Waals surface area contributed by atoms with Crippen molar-refractivity contribution >= 4 is 32.9 Å². The van der Waals surface area contributed by atoms with Gasteiger partial charge in [-0.15, -0.1) is 0 Å². The van der Waals surface area contributed by atoms with Gasteiger partial charge in [0.15, 0.2) is 0 Å². The van der Waals surface area contributed by atoms with Gasteiger partial charge in [-0.25, -0.2) is 9.18 Å². The first-order valence-electron chi connectivity index (χ1n) is 8.52. The van der Waals surface area contributed by atoms with E-state index in [1.165, 1.54) is 4.90 Å². The monoisotopic (exact) mass is 427 g/mol. The van der Waals surface area contributed by atoms with Crippen molar-refractivity contribution in [3.63, 3.8) is 0 Å². The molecular formula is C18H23BrFN3O3. The molecule has 0 radical (unpaired) electrons. The predicted octanol–water partition coefficient (Wildman–Crippen LogP) is 4.33. The average molecular weight is 428 g/mol. The summed E-state index contributed by atoms with van der Waals surface area (Å²) >= 11 is 3.45. The van der Waals surface area contributed by atoms with Crippen LogP contribution in [0.5, 0.6) is 5.75 Å². The van der Waals surface area contributed by atoms with E-state index in [4.69, 9.17) is 9.47 Å². The summed E-state index contributed by atoms with van der Waals surface area (Å²) in [5.41, 5.74) is 0.151. The molecule has 1 aromatic heterocycles. The minimum atomic E-state index is -1.21. The molecule has 142 valence electrons. The fourth-order valence-corrected chi connectivity index (χ4v) is 3.58. The van der Waals surface area contributed by atoms with Crippen LogP contribution in [0.25, 0.3) is 10.9 Å². The van der Waals surface area contributed by atoms with Crippen LogP contribution in [0.15, 0.2) is 22.8 Å². The van der Waals surface area contributed by atoms with Gasteiger partial charge in [0.2, 0.25) is 0 Å². The highest BCUT2D eigenvalue weighted by Gasteiger charge is 2.35. The molecule has 1 saturated heterocycles. The summed E-state index contributed by atoms with van der Waals surface area (Å²) in [4.78, 5) is 13.6. The molecule has 0 bridgehead atoms. The lowest BCUT2D eigenvalue weighted by Gasteiger charge is -2.35. The molecule has 1 amide bonds. The number of nitrogens with zero attached hydrogens (tertiary/aromatic N) is 3. The molecule has 0 unspecified atom stereocenters. The maximum Gasteiger partial charge on any atom is 0.410 e. The number of benzene rings is 1. The molecule has 1 aromatic carbocycles. The van der Waals surface area contributed by atoms with Crippen LogP contribution in [0.3, 0.4) is 0 Å². The van der Waals surface area contributed by atoms with Gasteiger partial charge in [0.25, 0.3) is 0 Å². The van der Waals surface area contributed by atoms with Gasteiger partial charge in [0, 0.05) is 24.2 Å². The van der Waals surface area contributed by atoms with Crippen molar-refractivity contribution in [1.29, 1.82) is 0 Å². The highest BCUT2D eigenvalue weighted by Crippen LogP contribution is 2.32. The van der Waals surface area contributed by atoms with Crippen LogP contribution >= 0.6 is 15.9 Å². The van der Waals surface area contributed by atoms with Crippen LogP contribution in [0.2, 0.25) is 0 Å². The number of likely N-dealkylation sites (tertiary alicyclic amines) is 1. The minimum absolute atomic E-state index is 0.00278. The van der Waals surface area contributed by atoms with Crippen LogP contribution in [0.4, 0.5) is 9.18 Å². The SMILES string of the molecule is COc1cc2nn([C@@H]3CCN(C(=O)OC(C)(C)C)C[C@@H]3F)cc2cc1Br. The number of carbonyl (C=O) groups excluding carboxylic acids is 1. The number of aromatic nitrogens is 2. The number of carbonyl (C=O) groups is 1. The molecule has 0 N–H and O–H groups in total. The largest absolute Gasteiger partial charge is 0.495 e. The molecule has 26 heavy (non-hydrogen) atoms. The molecule has 2 aromatic rings. The summed E-state index contributed by atoms with van der Waals surface area (Å²) in [6, 6.07) is 3.31. The second kappa shape index (κ2) is 7.06. The van der Waals surface area contributed by atoms with Gasteiger partial charge in [-0.1, -0.05) is 0 Å². The van der Waals surface area contributed by atoms with E-state index in [2.05, 4.69) is 21.0 Å². The number of piperidine rings is 1. The van der Waals surface area contributed by atoms with Crippen molar-refractivity contribution in [2.45, 2.75) is 45.0 Å². The molecule has 1 aliphatic rings. The van der Waals surface area contributed by atoms with Gasteiger partial charge in [-0.05, 0) is 49.2 Å². The van der Waals surface area contributed by atoms with E-state index >= 15 is 0 Å². The van der Waals surface area contributed by atoms with E-state index in [1.807, 2.05) is 18.3 Å². The standard InChI is InChI=1S/C18H23BrFN3O3/c1-18(2,3)26-17(24)22-6-5-15(13(20)10-22)23-9-11-7-12(19)16(25-4)8-14(11)21-23/h7-9,13,15H,5-6,10H2,1-4H3/t13-,15+/m0/s1. The van der Waals surface area contributed by atoms with Crippen LogP contribution in [0.1, 0.15) is 33.2 Å². The summed E-state index contributed by atoms with van der Waals surface area (Å²) in [5, 5.41) is 5.41. The normalized spacial score (nSPS) is 21.1. The zero-order valence-corrected chi connectivity index (χ0v) is 16.9. The van der Waals surface area contributed by atoms with E-state index in [9.17, 15) is 9.18 Å². The van der Waals surface area contributed by atoms with E-state index in [-0.39, 0.29) is 6.54 Å². The lowest BCUT2D eigenvalue weighted by atomic mass is 10.0. The third-order valence-electron chi connectivity index (χ3n) is 4.29. The first-order chi connectivity index (χ1) is 12.2. The minimum Gasteiger partial charge on any atom is -0.495 e. The number of halogens is 2. The van der Waals surface area contributed by atoms with E-state index in [0.717, 1.165) is 15.4 Å². The molecule has 1 fully saturated rings. The molecule has 2 heterocycles. The lowest BCUT2D eigenvalue weighted by Crippen LogP contribution is -2.47. The number of amides is 1. The van der Waals surface area contributed by atoms with Gasteiger partial charge in [-0.2, -0.15) is 5.10 Å². The molecule has 3 rings (SSSR count). The lowest BCUT2D eigenvalue weighted by molar-refractivity contribution is 0.00581. The second-order valence-corrected chi connectivity index (χ2v) is 8.31. The third-order valence-corrected chi connectivity index (χ3v) is 4.91. The second-order valence-electron chi connectivity index (χ2n) is 7.45. The van der Waals surface area contributed by atoms with E-state index in [1.54, 1.807) is 32.6 Å². The van der Waals surface area contributed by atoms with Gasteiger partial charge in [-0.3, -0.25) is 4.68 Å². The van der Waals surface area contributed by atoms with Gasteiger partial charge < -0.3 is 14.4 Å². The molecule has 2 atom stereocenters. The topological polar surface area (TPSA) is 56.6 Å². The smallest absolute Gasteiger partial charge is 0.410 e. The number of ether oxygens (including phenoxy) is 2. The third kappa shape index (κ3) is 3.95. The van der Waals surface area contributed by atoms with Crippen molar-refractivity contribution in [2.75, 3.05) is 20.2 Å². The molecule has 0 aliphatic carbocycles. The van der Waals surface area contributed by atoms with Crippen LogP contribution in [-0.2, 0) is 4.74 Å². The quantitative estimate of drug-likeness (QED) is 0.715. The zero-order valence-electron chi connectivity index (χ0n) is 15.3. The Kier molecular flexibility index (Phi) is 5.14. The number of alkyl halides is 1. The number of fused-ring (bicyclic) bond motifs is 1. The Morgan fingerprint density at radius 2 is 2.12 bits per heavy atom. The van der Waals surface area contributed by atoms with E-state index in [0.29, 0.717) is 18.7 Å². The zero-order chi connectivity index (χ0) is 19.1. The van der Waals surface area contributed by atoms with Crippen LogP contribution in [0, 0.1) is 0 Å². The summed E-state index contributed by atoms with van der Waals surface area (Å²) < 4.78 is 27.9. The maximum atomic E-state index is 14.8. The number of rotatable bonds is 2. The Morgan fingerprint density at radius 3 is 2.73 bits per heavy atom. The molecule has 6 nitrogen and oxygen atoms in total. The fraction of sp³-hybridized carbons (Fsp3) is 0.556. The van der Waals surface area contributed by atoms with Crippen molar-refractivity contribution in [3.05, 3.63) is 22.8 Å².